The minimum Gasteiger partial charge on any atom is -0.329 e. The largest absolute Gasteiger partial charge is 0.329 e. The molecule has 0 spiro atoms. The van der Waals surface area contributed by atoms with Crippen LogP contribution in [0, 0.1) is 5.41 Å². The Morgan fingerprint density at radius 3 is 2.32 bits per heavy atom. The molecule has 0 aliphatic heterocycles. The van der Waals surface area contributed by atoms with Crippen molar-refractivity contribution in [1.82, 2.24) is 0 Å². The Hall–Kier alpha value is -1.06. The minimum atomic E-state index is -0.330. The Kier molecular flexibility index (Phi) is 5.83. The van der Waals surface area contributed by atoms with Crippen molar-refractivity contribution in [3.05, 3.63) is 29.8 Å². The van der Waals surface area contributed by atoms with Crippen molar-refractivity contribution in [3.8, 4) is 0 Å². The first-order chi connectivity index (χ1) is 8.70. The molecular formula is C15H23ClN2O. The van der Waals surface area contributed by atoms with Crippen LogP contribution in [-0.4, -0.2) is 12.5 Å². The average Bonchev–Trinajstić information content (AvgIpc) is 2.89. The highest BCUT2D eigenvalue weighted by Gasteiger charge is 2.39. The number of aryl methyl sites for hydroxylation is 1. The van der Waals surface area contributed by atoms with Gasteiger partial charge in [-0.1, -0.05) is 31.9 Å². The predicted molar refractivity (Wildman–Crippen MR) is 81.7 cm³/mol. The average molecular weight is 283 g/mol. The van der Waals surface area contributed by atoms with Gasteiger partial charge < -0.3 is 11.1 Å². The third-order valence-corrected chi connectivity index (χ3v) is 4.05. The number of nitrogens with two attached hydrogens (primary N) is 1. The molecule has 0 saturated heterocycles. The van der Waals surface area contributed by atoms with Gasteiger partial charge in [0.25, 0.3) is 0 Å². The van der Waals surface area contributed by atoms with Gasteiger partial charge in [0.05, 0.1) is 5.41 Å². The fourth-order valence-corrected chi connectivity index (χ4v) is 2.66. The molecule has 1 saturated carbocycles. The molecule has 2 rings (SSSR count). The summed E-state index contributed by atoms with van der Waals surface area (Å²) in [7, 11) is 0. The van der Waals surface area contributed by atoms with Crippen molar-refractivity contribution in [1.29, 1.82) is 0 Å². The maximum Gasteiger partial charge on any atom is 0.231 e. The van der Waals surface area contributed by atoms with Crippen molar-refractivity contribution < 1.29 is 4.79 Å². The standard InChI is InChI=1S/C15H22N2O.ClH/c1-2-12-5-7-13(8-6-12)17-14(18)15(11-16)9-3-4-10-15;/h5-8H,2-4,9-11,16H2,1H3,(H,17,18);1H. The number of nitrogens with one attached hydrogen (secondary N) is 1. The quantitative estimate of drug-likeness (QED) is 0.891. The Morgan fingerprint density at radius 2 is 1.84 bits per heavy atom. The van der Waals surface area contributed by atoms with E-state index in [2.05, 4.69) is 24.4 Å². The molecule has 3 nitrogen and oxygen atoms in total. The molecule has 1 fully saturated rings. The number of hydrogen-bond acceptors (Lipinski definition) is 2. The first-order valence-electron chi connectivity index (χ1n) is 6.81. The van der Waals surface area contributed by atoms with E-state index >= 15 is 0 Å². The molecule has 3 N–H and O–H groups in total. The van der Waals surface area contributed by atoms with Crippen LogP contribution in [0.25, 0.3) is 0 Å². The molecule has 0 bridgehead atoms. The molecule has 19 heavy (non-hydrogen) atoms. The molecule has 1 aromatic rings. The summed E-state index contributed by atoms with van der Waals surface area (Å²) in [6.07, 6.45) is 5.07. The highest BCUT2D eigenvalue weighted by molar-refractivity contribution is 5.95. The Labute approximate surface area is 121 Å². The van der Waals surface area contributed by atoms with Gasteiger partial charge in [0, 0.05) is 12.2 Å². The van der Waals surface area contributed by atoms with Crippen LogP contribution in [0.5, 0.6) is 0 Å². The van der Waals surface area contributed by atoms with Crippen LogP contribution in [0.1, 0.15) is 38.2 Å². The lowest BCUT2D eigenvalue weighted by atomic mass is 9.85. The molecular weight excluding hydrogens is 260 g/mol. The van der Waals surface area contributed by atoms with Crippen molar-refractivity contribution in [2.75, 3.05) is 11.9 Å². The highest BCUT2D eigenvalue weighted by Crippen LogP contribution is 2.38. The van der Waals surface area contributed by atoms with E-state index in [1.54, 1.807) is 0 Å². The summed E-state index contributed by atoms with van der Waals surface area (Å²) < 4.78 is 0. The van der Waals surface area contributed by atoms with E-state index < -0.39 is 0 Å². The molecule has 1 aromatic carbocycles. The first kappa shape index (κ1) is 16.0. The summed E-state index contributed by atoms with van der Waals surface area (Å²) in [5, 5.41) is 3.01. The van der Waals surface area contributed by atoms with Crippen LogP contribution in [-0.2, 0) is 11.2 Å². The Balaban J connectivity index is 0.00000180. The summed E-state index contributed by atoms with van der Waals surface area (Å²) in [4.78, 5) is 12.3. The van der Waals surface area contributed by atoms with Gasteiger partial charge in [0.15, 0.2) is 0 Å². The lowest BCUT2D eigenvalue weighted by Crippen LogP contribution is -2.40. The second-order valence-electron chi connectivity index (χ2n) is 5.20. The summed E-state index contributed by atoms with van der Waals surface area (Å²) in [5.74, 6) is 0.0896. The zero-order valence-corrected chi connectivity index (χ0v) is 12.3. The van der Waals surface area contributed by atoms with Crippen molar-refractivity contribution in [3.63, 3.8) is 0 Å². The van der Waals surface area contributed by atoms with E-state index in [1.807, 2.05) is 12.1 Å². The molecule has 0 heterocycles. The van der Waals surface area contributed by atoms with Gasteiger partial charge in [-0.05, 0) is 37.0 Å². The number of benzene rings is 1. The third-order valence-electron chi connectivity index (χ3n) is 4.05. The van der Waals surface area contributed by atoms with Gasteiger partial charge in [-0.3, -0.25) is 4.79 Å². The summed E-state index contributed by atoms with van der Waals surface area (Å²) in [5.41, 5.74) is 7.63. The minimum absolute atomic E-state index is 0. The second-order valence-corrected chi connectivity index (χ2v) is 5.20. The van der Waals surface area contributed by atoms with E-state index in [1.165, 1.54) is 5.56 Å². The van der Waals surface area contributed by atoms with E-state index in [0.29, 0.717) is 6.54 Å². The molecule has 0 radical (unpaired) electrons. The van der Waals surface area contributed by atoms with Crippen molar-refractivity contribution in [2.45, 2.75) is 39.0 Å². The molecule has 106 valence electrons. The SMILES string of the molecule is CCc1ccc(NC(=O)C2(CN)CCCC2)cc1.Cl. The number of halogens is 1. The number of rotatable bonds is 4. The summed E-state index contributed by atoms with van der Waals surface area (Å²) in [6.45, 7) is 2.57. The molecule has 4 heteroatoms. The van der Waals surface area contributed by atoms with Crippen LogP contribution in [0.3, 0.4) is 0 Å². The van der Waals surface area contributed by atoms with Gasteiger partial charge >= 0.3 is 0 Å². The monoisotopic (exact) mass is 282 g/mol. The van der Waals surface area contributed by atoms with Gasteiger partial charge in [-0.2, -0.15) is 0 Å². The van der Waals surface area contributed by atoms with Gasteiger partial charge in [0.1, 0.15) is 0 Å². The number of amides is 1. The number of anilines is 1. The zero-order valence-electron chi connectivity index (χ0n) is 11.4. The third kappa shape index (κ3) is 3.48. The lowest BCUT2D eigenvalue weighted by Gasteiger charge is -2.25. The van der Waals surface area contributed by atoms with Crippen molar-refractivity contribution >= 4 is 24.0 Å². The molecule has 1 aliphatic rings. The first-order valence-corrected chi connectivity index (χ1v) is 6.81. The van der Waals surface area contributed by atoms with Crippen LogP contribution in [0.4, 0.5) is 5.69 Å². The van der Waals surface area contributed by atoms with Gasteiger partial charge in [-0.25, -0.2) is 0 Å². The Morgan fingerprint density at radius 1 is 1.26 bits per heavy atom. The number of carbonyl (C=O) groups excluding carboxylic acids is 1. The molecule has 0 unspecified atom stereocenters. The van der Waals surface area contributed by atoms with E-state index in [9.17, 15) is 4.79 Å². The smallest absolute Gasteiger partial charge is 0.231 e. The second kappa shape index (κ2) is 6.92. The maximum atomic E-state index is 12.3. The van der Waals surface area contributed by atoms with E-state index in [4.69, 9.17) is 5.73 Å². The zero-order chi connectivity index (χ0) is 13.0. The Bertz CT molecular complexity index is 411. The predicted octanol–water partition coefficient (Wildman–Crippen LogP) is 3.13. The van der Waals surface area contributed by atoms with Crippen LogP contribution >= 0.6 is 12.4 Å². The van der Waals surface area contributed by atoms with Gasteiger partial charge in [-0.15, -0.1) is 12.4 Å². The topological polar surface area (TPSA) is 55.1 Å². The normalized spacial score (nSPS) is 16.7. The maximum absolute atomic E-state index is 12.3. The fourth-order valence-electron chi connectivity index (χ4n) is 2.66. The number of carbonyl (C=O) groups is 1. The van der Waals surface area contributed by atoms with Crippen LogP contribution < -0.4 is 11.1 Å². The summed E-state index contributed by atoms with van der Waals surface area (Å²) >= 11 is 0. The molecule has 0 atom stereocenters. The highest BCUT2D eigenvalue weighted by atomic mass is 35.5. The molecule has 1 aliphatic carbocycles. The van der Waals surface area contributed by atoms with Crippen LogP contribution in [0.15, 0.2) is 24.3 Å². The lowest BCUT2D eigenvalue weighted by molar-refractivity contribution is -0.124. The molecule has 0 aromatic heterocycles. The summed E-state index contributed by atoms with van der Waals surface area (Å²) in [6, 6.07) is 8.05. The molecule has 1 amide bonds. The van der Waals surface area contributed by atoms with Crippen molar-refractivity contribution in [2.24, 2.45) is 11.1 Å². The number of hydrogen-bond donors (Lipinski definition) is 2. The van der Waals surface area contributed by atoms with E-state index in [0.717, 1.165) is 37.8 Å². The van der Waals surface area contributed by atoms with E-state index in [-0.39, 0.29) is 23.7 Å². The van der Waals surface area contributed by atoms with Gasteiger partial charge in [0.2, 0.25) is 5.91 Å². The fraction of sp³-hybridized carbons (Fsp3) is 0.533. The van der Waals surface area contributed by atoms with Crippen LogP contribution in [0.2, 0.25) is 0 Å².